The summed E-state index contributed by atoms with van der Waals surface area (Å²) in [4.78, 5) is 11.1. The van der Waals surface area contributed by atoms with E-state index in [1.165, 1.54) is 35.4 Å². The first kappa shape index (κ1) is 18.3. The zero-order valence-corrected chi connectivity index (χ0v) is 17.6. The number of aromatic nitrogens is 3. The van der Waals surface area contributed by atoms with Gasteiger partial charge >= 0.3 is 0 Å². The molecular formula is C23H25N5S. The fourth-order valence-electron chi connectivity index (χ4n) is 4.60. The third kappa shape index (κ3) is 3.31. The van der Waals surface area contributed by atoms with Gasteiger partial charge < -0.3 is 14.8 Å². The van der Waals surface area contributed by atoms with Crippen LogP contribution in [0.25, 0.3) is 0 Å². The molecule has 2 atom stereocenters. The molecule has 1 N–H and O–H groups in total. The molecule has 0 unspecified atom stereocenters. The van der Waals surface area contributed by atoms with E-state index in [0.717, 1.165) is 17.4 Å². The SMILES string of the molecule is Cc1cc([C@H]2[C@H](c3ccccn3)NC(=S)N2Cc2ccncc2)c(C)n1C1CC1. The van der Waals surface area contributed by atoms with Gasteiger partial charge in [-0.05, 0) is 80.4 Å². The fourth-order valence-corrected chi connectivity index (χ4v) is 4.90. The van der Waals surface area contributed by atoms with Crippen LogP contribution in [0.2, 0.25) is 0 Å². The average Bonchev–Trinajstić information content (AvgIpc) is 3.46. The lowest BCUT2D eigenvalue weighted by molar-refractivity contribution is 0.309. The van der Waals surface area contributed by atoms with E-state index in [9.17, 15) is 0 Å². The van der Waals surface area contributed by atoms with Crippen LogP contribution in [-0.4, -0.2) is 24.5 Å². The van der Waals surface area contributed by atoms with Crippen LogP contribution in [0.5, 0.6) is 0 Å². The Hall–Kier alpha value is -2.73. The maximum Gasteiger partial charge on any atom is 0.170 e. The number of nitrogens with zero attached hydrogens (tertiary/aromatic N) is 4. The lowest BCUT2D eigenvalue weighted by Gasteiger charge is -2.28. The highest BCUT2D eigenvalue weighted by atomic mass is 32.1. The minimum absolute atomic E-state index is 0.0266. The summed E-state index contributed by atoms with van der Waals surface area (Å²) in [7, 11) is 0. The molecule has 0 radical (unpaired) electrons. The van der Waals surface area contributed by atoms with Crippen molar-refractivity contribution in [3.63, 3.8) is 0 Å². The molecule has 3 aromatic heterocycles. The van der Waals surface area contributed by atoms with E-state index >= 15 is 0 Å². The first-order valence-electron chi connectivity index (χ1n) is 10.2. The van der Waals surface area contributed by atoms with Crippen molar-refractivity contribution in [3.05, 3.63) is 83.2 Å². The number of hydrogen-bond donors (Lipinski definition) is 1. The molecule has 4 heterocycles. The number of nitrogens with one attached hydrogen (secondary N) is 1. The highest BCUT2D eigenvalue weighted by Gasteiger charge is 2.42. The van der Waals surface area contributed by atoms with Gasteiger partial charge in [-0.2, -0.15) is 0 Å². The van der Waals surface area contributed by atoms with Crippen LogP contribution in [0.3, 0.4) is 0 Å². The molecule has 0 amide bonds. The molecule has 2 aliphatic rings. The topological polar surface area (TPSA) is 46.0 Å². The quantitative estimate of drug-likeness (QED) is 0.640. The van der Waals surface area contributed by atoms with E-state index in [-0.39, 0.29) is 12.1 Å². The van der Waals surface area contributed by atoms with Crippen molar-refractivity contribution in [2.45, 2.75) is 51.4 Å². The van der Waals surface area contributed by atoms with Gasteiger partial charge in [-0.15, -0.1) is 0 Å². The molecule has 2 fully saturated rings. The molecule has 0 bridgehead atoms. The first-order chi connectivity index (χ1) is 14.1. The Morgan fingerprint density at radius 3 is 2.59 bits per heavy atom. The molecule has 1 saturated carbocycles. The monoisotopic (exact) mass is 403 g/mol. The van der Waals surface area contributed by atoms with Gasteiger partial charge in [-0.1, -0.05) is 6.07 Å². The molecule has 148 valence electrons. The second-order valence-corrected chi connectivity index (χ2v) is 8.42. The lowest BCUT2D eigenvalue weighted by Crippen LogP contribution is -2.29. The number of pyridine rings is 2. The van der Waals surface area contributed by atoms with Gasteiger partial charge in [0.15, 0.2) is 5.11 Å². The Balaban J connectivity index is 1.59. The van der Waals surface area contributed by atoms with Gasteiger partial charge in [0.2, 0.25) is 0 Å². The minimum Gasteiger partial charge on any atom is -0.352 e. The molecule has 3 aromatic rings. The van der Waals surface area contributed by atoms with Crippen LogP contribution in [0.4, 0.5) is 0 Å². The zero-order chi connectivity index (χ0) is 20.0. The van der Waals surface area contributed by atoms with Crippen LogP contribution < -0.4 is 5.32 Å². The summed E-state index contributed by atoms with van der Waals surface area (Å²) in [6, 6.07) is 13.3. The van der Waals surface area contributed by atoms with Gasteiger partial charge in [-0.3, -0.25) is 9.97 Å². The molecule has 1 aliphatic heterocycles. The van der Waals surface area contributed by atoms with Gasteiger partial charge in [0.25, 0.3) is 0 Å². The average molecular weight is 404 g/mol. The number of hydrogen-bond acceptors (Lipinski definition) is 3. The summed E-state index contributed by atoms with van der Waals surface area (Å²) in [6.07, 6.45) is 8.09. The Kier molecular flexibility index (Phi) is 4.59. The van der Waals surface area contributed by atoms with E-state index in [4.69, 9.17) is 12.2 Å². The van der Waals surface area contributed by atoms with Gasteiger partial charge in [0, 0.05) is 42.6 Å². The van der Waals surface area contributed by atoms with E-state index in [1.54, 1.807) is 0 Å². The molecular weight excluding hydrogens is 378 g/mol. The molecule has 5 nitrogen and oxygen atoms in total. The first-order valence-corrected chi connectivity index (χ1v) is 10.6. The smallest absolute Gasteiger partial charge is 0.170 e. The normalized spacial score (nSPS) is 21.4. The number of aryl methyl sites for hydroxylation is 1. The highest BCUT2D eigenvalue weighted by Crippen LogP contribution is 2.44. The summed E-state index contributed by atoms with van der Waals surface area (Å²) in [5.74, 6) is 0. The molecule has 29 heavy (non-hydrogen) atoms. The number of thiocarbonyl (C=S) groups is 1. The van der Waals surface area contributed by atoms with E-state index < -0.39 is 0 Å². The van der Waals surface area contributed by atoms with E-state index in [2.05, 4.69) is 62.9 Å². The Bertz CT molecular complexity index is 1030. The van der Waals surface area contributed by atoms with Crippen molar-refractivity contribution in [1.82, 2.24) is 24.8 Å². The zero-order valence-electron chi connectivity index (χ0n) is 16.7. The van der Waals surface area contributed by atoms with Crippen molar-refractivity contribution in [2.75, 3.05) is 0 Å². The standard InChI is InChI=1S/C23H25N5S/c1-15-13-19(16(2)28(15)18-6-7-18)22-21(20-5-3-4-10-25-20)26-23(29)27(22)14-17-8-11-24-12-9-17/h3-5,8-13,18,21-22H,6-7,14H2,1-2H3,(H,26,29)/t21-,22-/m0/s1. The minimum atomic E-state index is 0.0266. The Labute approximate surface area is 176 Å². The predicted molar refractivity (Wildman–Crippen MR) is 117 cm³/mol. The van der Waals surface area contributed by atoms with Crippen LogP contribution in [0, 0.1) is 13.8 Å². The Morgan fingerprint density at radius 1 is 1.10 bits per heavy atom. The Morgan fingerprint density at radius 2 is 1.90 bits per heavy atom. The summed E-state index contributed by atoms with van der Waals surface area (Å²) in [5.41, 5.74) is 6.25. The molecule has 1 aliphatic carbocycles. The maximum absolute atomic E-state index is 5.81. The van der Waals surface area contributed by atoms with E-state index in [0.29, 0.717) is 6.04 Å². The third-order valence-electron chi connectivity index (χ3n) is 6.05. The highest BCUT2D eigenvalue weighted by molar-refractivity contribution is 7.80. The molecule has 6 heteroatoms. The van der Waals surface area contributed by atoms with Crippen molar-refractivity contribution in [1.29, 1.82) is 0 Å². The summed E-state index contributed by atoms with van der Waals surface area (Å²) in [5, 5.41) is 4.34. The molecule has 0 aromatic carbocycles. The summed E-state index contributed by atoms with van der Waals surface area (Å²) >= 11 is 5.81. The van der Waals surface area contributed by atoms with E-state index in [1.807, 2.05) is 30.7 Å². The van der Waals surface area contributed by atoms with Crippen molar-refractivity contribution < 1.29 is 0 Å². The van der Waals surface area contributed by atoms with Crippen molar-refractivity contribution >= 4 is 17.3 Å². The maximum atomic E-state index is 5.81. The molecule has 5 rings (SSSR count). The second-order valence-electron chi connectivity index (χ2n) is 8.04. The van der Waals surface area contributed by atoms with Gasteiger partial charge in [0.05, 0.1) is 17.8 Å². The van der Waals surface area contributed by atoms with Crippen molar-refractivity contribution in [3.8, 4) is 0 Å². The van der Waals surface area contributed by atoms with Crippen LogP contribution in [-0.2, 0) is 6.54 Å². The van der Waals surface area contributed by atoms with Gasteiger partial charge in [0.1, 0.15) is 0 Å². The molecule has 1 saturated heterocycles. The van der Waals surface area contributed by atoms with Crippen molar-refractivity contribution in [2.24, 2.45) is 0 Å². The fraction of sp³-hybridized carbons (Fsp3) is 0.348. The predicted octanol–water partition coefficient (Wildman–Crippen LogP) is 4.40. The lowest BCUT2D eigenvalue weighted by atomic mass is 9.96. The summed E-state index contributed by atoms with van der Waals surface area (Å²) < 4.78 is 2.51. The largest absolute Gasteiger partial charge is 0.352 e. The van der Waals surface area contributed by atoms with Crippen LogP contribution >= 0.6 is 12.2 Å². The molecule has 0 spiro atoms. The number of rotatable bonds is 5. The summed E-state index contributed by atoms with van der Waals surface area (Å²) in [6.45, 7) is 5.22. The van der Waals surface area contributed by atoms with Crippen LogP contribution in [0.15, 0.2) is 55.0 Å². The van der Waals surface area contributed by atoms with Crippen LogP contribution in [0.1, 0.15) is 59.2 Å². The second kappa shape index (κ2) is 7.26. The third-order valence-corrected chi connectivity index (χ3v) is 6.41. The van der Waals surface area contributed by atoms with Gasteiger partial charge in [-0.25, -0.2) is 0 Å².